The molecular formula is C17H21N3O3. The lowest BCUT2D eigenvalue weighted by Gasteiger charge is -2.32. The first kappa shape index (κ1) is 14.5. The van der Waals surface area contributed by atoms with Crippen molar-refractivity contribution in [1.82, 2.24) is 14.5 Å². The van der Waals surface area contributed by atoms with Gasteiger partial charge in [-0.2, -0.15) is 0 Å². The van der Waals surface area contributed by atoms with Gasteiger partial charge in [-0.3, -0.25) is 4.90 Å². The predicted molar refractivity (Wildman–Crippen MR) is 84.5 cm³/mol. The Hall–Kier alpha value is -2.05. The molecule has 6 nitrogen and oxygen atoms in total. The second kappa shape index (κ2) is 5.86. The van der Waals surface area contributed by atoms with E-state index in [2.05, 4.69) is 33.6 Å². The van der Waals surface area contributed by atoms with Crippen LogP contribution in [-0.4, -0.2) is 41.5 Å². The Morgan fingerprint density at radius 2 is 2.17 bits per heavy atom. The number of nitrogens with zero attached hydrogens (tertiary/aromatic N) is 3. The molecule has 0 unspecified atom stereocenters. The molecule has 1 atom stereocenters. The van der Waals surface area contributed by atoms with Crippen LogP contribution in [0.5, 0.6) is 11.5 Å². The zero-order valence-corrected chi connectivity index (χ0v) is 13.5. The second-order valence-corrected chi connectivity index (χ2v) is 6.20. The maximum absolute atomic E-state index is 5.47. The summed E-state index contributed by atoms with van der Waals surface area (Å²) in [6, 6.07) is 6.16. The number of fused-ring (bicyclic) bond motifs is 2. The van der Waals surface area contributed by atoms with E-state index in [0.29, 0.717) is 19.3 Å². The number of hydrogen-bond acceptors (Lipinski definition) is 5. The fraction of sp³-hybridized carbons (Fsp3) is 0.471. The van der Waals surface area contributed by atoms with E-state index in [1.54, 1.807) is 7.11 Å². The van der Waals surface area contributed by atoms with Crippen molar-refractivity contribution in [3.8, 4) is 11.5 Å². The molecule has 1 aromatic carbocycles. The zero-order chi connectivity index (χ0) is 15.8. The molecule has 0 bridgehead atoms. The topological polar surface area (TPSA) is 48.8 Å². The Labute approximate surface area is 135 Å². The highest BCUT2D eigenvalue weighted by Gasteiger charge is 2.29. The average Bonchev–Trinajstić information content (AvgIpc) is 3.14. The highest BCUT2D eigenvalue weighted by atomic mass is 16.7. The number of imidazole rings is 1. The number of rotatable bonds is 4. The minimum absolute atomic E-state index is 0.315. The zero-order valence-electron chi connectivity index (χ0n) is 13.5. The molecular weight excluding hydrogens is 294 g/mol. The summed E-state index contributed by atoms with van der Waals surface area (Å²) >= 11 is 0. The van der Waals surface area contributed by atoms with Crippen molar-refractivity contribution in [3.63, 3.8) is 0 Å². The summed E-state index contributed by atoms with van der Waals surface area (Å²) in [5, 5.41) is 0. The molecule has 1 aromatic heterocycles. The molecule has 23 heavy (non-hydrogen) atoms. The Balaban J connectivity index is 1.54. The van der Waals surface area contributed by atoms with Crippen LogP contribution in [0, 0.1) is 0 Å². The van der Waals surface area contributed by atoms with Crippen molar-refractivity contribution in [2.45, 2.75) is 19.0 Å². The number of hydrogen-bond donors (Lipinski definition) is 0. The van der Waals surface area contributed by atoms with Crippen LogP contribution in [0.25, 0.3) is 0 Å². The summed E-state index contributed by atoms with van der Waals surface area (Å²) in [7, 11) is 3.81. The van der Waals surface area contributed by atoms with Crippen LogP contribution in [-0.2, 0) is 24.9 Å². The molecule has 0 amide bonds. The fourth-order valence-corrected chi connectivity index (χ4v) is 3.56. The van der Waals surface area contributed by atoms with Gasteiger partial charge in [-0.05, 0) is 17.7 Å². The molecule has 0 N–H and O–H groups in total. The van der Waals surface area contributed by atoms with Gasteiger partial charge in [0, 0.05) is 45.4 Å². The first-order valence-electron chi connectivity index (χ1n) is 7.84. The Kier molecular flexibility index (Phi) is 3.71. The van der Waals surface area contributed by atoms with Crippen LogP contribution >= 0.6 is 0 Å². The van der Waals surface area contributed by atoms with Crippen LogP contribution in [0.15, 0.2) is 24.5 Å². The molecule has 0 fully saturated rings. The second-order valence-electron chi connectivity index (χ2n) is 6.20. The Morgan fingerprint density at radius 1 is 1.30 bits per heavy atom. The number of aryl methyl sites for hydroxylation is 1. The fourth-order valence-electron chi connectivity index (χ4n) is 3.56. The average molecular weight is 315 g/mol. The minimum atomic E-state index is 0.315. The molecule has 0 saturated heterocycles. The Bertz CT molecular complexity index is 713. The molecule has 6 heteroatoms. The molecule has 4 rings (SSSR count). The molecule has 2 aliphatic rings. The maximum atomic E-state index is 5.47. The van der Waals surface area contributed by atoms with E-state index in [-0.39, 0.29) is 0 Å². The van der Waals surface area contributed by atoms with Gasteiger partial charge in [0.15, 0.2) is 11.5 Å². The lowest BCUT2D eigenvalue weighted by molar-refractivity contribution is 0.132. The van der Waals surface area contributed by atoms with Crippen LogP contribution in [0.3, 0.4) is 0 Å². The quantitative estimate of drug-likeness (QED) is 0.862. The molecule has 0 spiro atoms. The van der Waals surface area contributed by atoms with Crippen molar-refractivity contribution >= 4 is 0 Å². The lowest BCUT2D eigenvalue weighted by Crippen LogP contribution is -2.35. The first-order chi connectivity index (χ1) is 11.2. The SMILES string of the molecule is COC[C@H]1CN(Cc2ccc3c(c2)OCO3)Cc2ncn(C)c21. The molecule has 2 aromatic rings. The van der Waals surface area contributed by atoms with Gasteiger partial charge in [0.1, 0.15) is 0 Å². The van der Waals surface area contributed by atoms with Gasteiger partial charge in [-0.25, -0.2) is 4.98 Å². The number of benzene rings is 1. The van der Waals surface area contributed by atoms with Crippen molar-refractivity contribution in [2.24, 2.45) is 7.05 Å². The molecule has 2 aliphatic heterocycles. The maximum Gasteiger partial charge on any atom is 0.231 e. The summed E-state index contributed by atoms with van der Waals surface area (Å²) in [5.41, 5.74) is 3.68. The lowest BCUT2D eigenvalue weighted by atomic mass is 9.98. The third kappa shape index (κ3) is 2.68. The van der Waals surface area contributed by atoms with E-state index < -0.39 is 0 Å². The smallest absolute Gasteiger partial charge is 0.231 e. The van der Waals surface area contributed by atoms with E-state index in [0.717, 1.165) is 36.8 Å². The van der Waals surface area contributed by atoms with Crippen LogP contribution in [0.1, 0.15) is 22.9 Å². The summed E-state index contributed by atoms with van der Waals surface area (Å²) in [5.74, 6) is 2.02. The minimum Gasteiger partial charge on any atom is -0.454 e. The predicted octanol–water partition coefficient (Wildman–Crippen LogP) is 1.89. The third-order valence-corrected chi connectivity index (χ3v) is 4.51. The monoisotopic (exact) mass is 315 g/mol. The van der Waals surface area contributed by atoms with Crippen molar-refractivity contribution in [1.29, 1.82) is 0 Å². The van der Waals surface area contributed by atoms with Crippen LogP contribution in [0.2, 0.25) is 0 Å². The molecule has 122 valence electrons. The van der Waals surface area contributed by atoms with Crippen LogP contribution < -0.4 is 9.47 Å². The van der Waals surface area contributed by atoms with E-state index in [9.17, 15) is 0 Å². The van der Waals surface area contributed by atoms with E-state index in [1.165, 1.54) is 11.3 Å². The molecule has 0 radical (unpaired) electrons. The van der Waals surface area contributed by atoms with Gasteiger partial charge in [-0.15, -0.1) is 0 Å². The van der Waals surface area contributed by atoms with Crippen molar-refractivity contribution in [3.05, 3.63) is 41.5 Å². The normalized spacial score (nSPS) is 19.8. The van der Waals surface area contributed by atoms with E-state index in [4.69, 9.17) is 14.2 Å². The standard InChI is InChI=1S/C17H21N3O3/c1-19-10-18-14-8-20(7-13(9-21-2)17(14)19)6-12-3-4-15-16(5-12)23-11-22-15/h3-5,10,13H,6-9,11H2,1-2H3/t13-/m1/s1. The summed E-state index contributed by atoms with van der Waals surface area (Å²) < 4.78 is 18.4. The van der Waals surface area contributed by atoms with Gasteiger partial charge < -0.3 is 18.8 Å². The van der Waals surface area contributed by atoms with Crippen LogP contribution in [0.4, 0.5) is 0 Å². The molecule has 3 heterocycles. The van der Waals surface area contributed by atoms with Crippen molar-refractivity contribution in [2.75, 3.05) is 27.1 Å². The van der Waals surface area contributed by atoms with Gasteiger partial charge >= 0.3 is 0 Å². The highest BCUT2D eigenvalue weighted by molar-refractivity contribution is 5.44. The highest BCUT2D eigenvalue weighted by Crippen LogP contribution is 2.34. The summed E-state index contributed by atoms with van der Waals surface area (Å²) in [6.07, 6.45) is 1.90. The first-order valence-corrected chi connectivity index (χ1v) is 7.84. The summed E-state index contributed by atoms with van der Waals surface area (Å²) in [4.78, 5) is 6.97. The van der Waals surface area contributed by atoms with Gasteiger partial charge in [-0.1, -0.05) is 6.07 Å². The Morgan fingerprint density at radius 3 is 3.04 bits per heavy atom. The molecule has 0 saturated carbocycles. The number of ether oxygens (including phenoxy) is 3. The van der Waals surface area contributed by atoms with Gasteiger partial charge in [0.25, 0.3) is 0 Å². The van der Waals surface area contributed by atoms with Gasteiger partial charge in [0.2, 0.25) is 6.79 Å². The number of methoxy groups -OCH3 is 1. The van der Waals surface area contributed by atoms with Gasteiger partial charge in [0.05, 0.1) is 18.6 Å². The number of aromatic nitrogens is 2. The summed E-state index contributed by atoms with van der Waals surface area (Å²) in [6.45, 7) is 3.73. The third-order valence-electron chi connectivity index (χ3n) is 4.51. The van der Waals surface area contributed by atoms with Crippen molar-refractivity contribution < 1.29 is 14.2 Å². The molecule has 0 aliphatic carbocycles. The van der Waals surface area contributed by atoms with E-state index in [1.807, 2.05) is 12.4 Å². The largest absolute Gasteiger partial charge is 0.454 e. The van der Waals surface area contributed by atoms with E-state index >= 15 is 0 Å².